The average Bonchev–Trinajstić information content (AvgIpc) is 2.92. The maximum Gasteiger partial charge on any atom is 0.234 e. The third-order valence-corrected chi connectivity index (χ3v) is 6.45. The van der Waals surface area contributed by atoms with Crippen LogP contribution in [0.1, 0.15) is 37.1 Å². The largest absolute Gasteiger partial charge is 0.353 e. The fourth-order valence-electron chi connectivity index (χ4n) is 4.21. The summed E-state index contributed by atoms with van der Waals surface area (Å²) in [6.45, 7) is 5.29. The highest BCUT2D eigenvalue weighted by Gasteiger charge is 2.10. The molecule has 0 radical (unpaired) electrons. The monoisotopic (exact) mass is 482 g/mol. The van der Waals surface area contributed by atoms with Crippen LogP contribution in [0.2, 0.25) is 0 Å². The third-order valence-electron chi connectivity index (χ3n) is 6.45. The predicted molar refractivity (Wildman–Crippen MR) is 147 cm³/mol. The molecule has 0 fully saturated rings. The summed E-state index contributed by atoms with van der Waals surface area (Å²) in [6, 6.07) is 29.2. The van der Waals surface area contributed by atoms with Crippen molar-refractivity contribution in [2.75, 3.05) is 26.2 Å². The molecule has 0 bridgehead atoms. The molecule has 2 atom stereocenters. The minimum atomic E-state index is -0.0973. The second kappa shape index (κ2) is 12.3. The zero-order valence-corrected chi connectivity index (χ0v) is 20.9. The van der Waals surface area contributed by atoms with E-state index >= 15 is 0 Å². The molecular weight excluding hydrogens is 448 g/mol. The molecule has 4 aromatic rings. The first-order chi connectivity index (χ1) is 17.5. The minimum Gasteiger partial charge on any atom is -0.353 e. The molecule has 0 aromatic heterocycles. The Morgan fingerprint density at radius 2 is 0.972 bits per heavy atom. The summed E-state index contributed by atoms with van der Waals surface area (Å²) in [5.41, 5.74) is 2.28. The van der Waals surface area contributed by atoms with Gasteiger partial charge in [-0.3, -0.25) is 9.59 Å². The van der Waals surface area contributed by atoms with E-state index in [2.05, 4.69) is 81.9 Å². The molecule has 186 valence electrons. The van der Waals surface area contributed by atoms with Gasteiger partial charge in [-0.25, -0.2) is 0 Å². The van der Waals surface area contributed by atoms with E-state index in [1.54, 1.807) is 0 Å². The molecule has 4 aromatic carbocycles. The van der Waals surface area contributed by atoms with Gasteiger partial charge in [0.2, 0.25) is 11.8 Å². The van der Waals surface area contributed by atoms with Gasteiger partial charge in [0.1, 0.15) is 0 Å². The van der Waals surface area contributed by atoms with Gasteiger partial charge in [0.25, 0.3) is 0 Å². The Balaban J connectivity index is 1.11. The number of carbonyl (C=O) groups is 2. The van der Waals surface area contributed by atoms with E-state index in [9.17, 15) is 9.59 Å². The summed E-state index contributed by atoms with van der Waals surface area (Å²) in [6.07, 6.45) is 0. The van der Waals surface area contributed by atoms with E-state index in [0.29, 0.717) is 13.1 Å². The Bertz CT molecular complexity index is 1230. The Labute approximate surface area is 212 Å². The zero-order chi connectivity index (χ0) is 25.3. The maximum absolute atomic E-state index is 12.2. The summed E-state index contributed by atoms with van der Waals surface area (Å²) in [5, 5.41) is 17.0. The molecule has 0 spiro atoms. The Morgan fingerprint density at radius 3 is 1.39 bits per heavy atom. The maximum atomic E-state index is 12.2. The van der Waals surface area contributed by atoms with E-state index in [0.717, 1.165) is 11.1 Å². The van der Waals surface area contributed by atoms with Crippen molar-refractivity contribution < 1.29 is 9.59 Å². The van der Waals surface area contributed by atoms with Crippen LogP contribution in [0.3, 0.4) is 0 Å². The van der Waals surface area contributed by atoms with E-state index in [-0.39, 0.29) is 37.0 Å². The molecule has 0 saturated heterocycles. The van der Waals surface area contributed by atoms with Gasteiger partial charge in [0.15, 0.2) is 0 Å². The molecular formula is C30H34N4O2. The Morgan fingerprint density at radius 1 is 0.583 bits per heavy atom. The highest BCUT2D eigenvalue weighted by molar-refractivity contribution is 5.84. The Hall–Kier alpha value is -3.74. The van der Waals surface area contributed by atoms with Gasteiger partial charge in [-0.05, 0) is 58.7 Å². The predicted octanol–water partition coefficient (Wildman–Crippen LogP) is 4.23. The highest BCUT2D eigenvalue weighted by atomic mass is 16.2. The van der Waals surface area contributed by atoms with Crippen molar-refractivity contribution in [3.05, 3.63) is 96.1 Å². The third kappa shape index (κ3) is 6.90. The first kappa shape index (κ1) is 25.4. The second-order valence-corrected chi connectivity index (χ2v) is 9.12. The number of rotatable bonds is 11. The lowest BCUT2D eigenvalue weighted by Gasteiger charge is -2.16. The molecule has 0 aliphatic rings. The smallest absolute Gasteiger partial charge is 0.234 e. The van der Waals surface area contributed by atoms with E-state index in [1.807, 2.05) is 38.1 Å². The molecule has 36 heavy (non-hydrogen) atoms. The summed E-state index contributed by atoms with van der Waals surface area (Å²) in [7, 11) is 0. The van der Waals surface area contributed by atoms with Crippen molar-refractivity contribution in [2.24, 2.45) is 0 Å². The molecule has 0 heterocycles. The van der Waals surface area contributed by atoms with Crippen LogP contribution < -0.4 is 21.3 Å². The fraction of sp³-hybridized carbons (Fsp3) is 0.267. The number of hydrogen-bond acceptors (Lipinski definition) is 4. The van der Waals surface area contributed by atoms with Crippen molar-refractivity contribution in [2.45, 2.75) is 25.9 Å². The number of nitrogens with one attached hydrogen (secondary N) is 4. The highest BCUT2D eigenvalue weighted by Crippen LogP contribution is 2.21. The summed E-state index contributed by atoms with van der Waals surface area (Å²) in [5.74, 6) is -0.195. The lowest BCUT2D eigenvalue weighted by atomic mass is 10.0. The summed E-state index contributed by atoms with van der Waals surface area (Å²) in [4.78, 5) is 24.4. The van der Waals surface area contributed by atoms with Crippen LogP contribution in [0.15, 0.2) is 84.9 Å². The van der Waals surface area contributed by atoms with Gasteiger partial charge < -0.3 is 21.3 Å². The Kier molecular flexibility index (Phi) is 8.66. The van der Waals surface area contributed by atoms with Crippen molar-refractivity contribution in [3.63, 3.8) is 0 Å². The van der Waals surface area contributed by atoms with Crippen LogP contribution in [0.5, 0.6) is 0 Å². The van der Waals surface area contributed by atoms with Crippen LogP contribution in [0, 0.1) is 0 Å². The number of amides is 2. The lowest BCUT2D eigenvalue weighted by Crippen LogP contribution is -2.41. The first-order valence-electron chi connectivity index (χ1n) is 12.5. The molecule has 6 nitrogen and oxygen atoms in total. The molecule has 0 aliphatic heterocycles. The zero-order valence-electron chi connectivity index (χ0n) is 20.9. The van der Waals surface area contributed by atoms with Crippen molar-refractivity contribution >= 4 is 33.4 Å². The summed E-state index contributed by atoms with van der Waals surface area (Å²) >= 11 is 0. The van der Waals surface area contributed by atoms with Crippen molar-refractivity contribution in [1.29, 1.82) is 0 Å². The number of hydrogen-bond donors (Lipinski definition) is 4. The SMILES string of the molecule is C[C@@H](NCC(=O)NCCNC(=O)CN[C@H](C)c1ccc2ccccc2c1)c1ccc2ccccc2c1. The molecule has 0 saturated carbocycles. The van der Waals surface area contributed by atoms with E-state index in [1.165, 1.54) is 21.5 Å². The van der Waals surface area contributed by atoms with Crippen LogP contribution in [0.25, 0.3) is 21.5 Å². The van der Waals surface area contributed by atoms with Gasteiger partial charge in [0, 0.05) is 25.2 Å². The second-order valence-electron chi connectivity index (χ2n) is 9.12. The normalized spacial score (nSPS) is 12.8. The average molecular weight is 483 g/mol. The number of benzene rings is 4. The van der Waals surface area contributed by atoms with Gasteiger partial charge >= 0.3 is 0 Å². The van der Waals surface area contributed by atoms with Crippen LogP contribution in [-0.4, -0.2) is 38.0 Å². The van der Waals surface area contributed by atoms with Crippen LogP contribution in [0.4, 0.5) is 0 Å². The van der Waals surface area contributed by atoms with Crippen molar-refractivity contribution in [1.82, 2.24) is 21.3 Å². The first-order valence-corrected chi connectivity index (χ1v) is 12.5. The molecule has 4 N–H and O–H groups in total. The van der Waals surface area contributed by atoms with E-state index < -0.39 is 0 Å². The molecule has 0 aliphatic carbocycles. The van der Waals surface area contributed by atoms with E-state index in [4.69, 9.17) is 0 Å². The topological polar surface area (TPSA) is 82.3 Å². The molecule has 6 heteroatoms. The number of fused-ring (bicyclic) bond motifs is 2. The van der Waals surface area contributed by atoms with Crippen molar-refractivity contribution in [3.8, 4) is 0 Å². The number of carbonyl (C=O) groups excluding carboxylic acids is 2. The van der Waals surface area contributed by atoms with Gasteiger partial charge in [-0.1, -0.05) is 72.8 Å². The van der Waals surface area contributed by atoms with Gasteiger partial charge in [-0.15, -0.1) is 0 Å². The van der Waals surface area contributed by atoms with Gasteiger partial charge in [0.05, 0.1) is 13.1 Å². The van der Waals surface area contributed by atoms with Gasteiger partial charge in [-0.2, -0.15) is 0 Å². The molecule has 4 rings (SSSR count). The van der Waals surface area contributed by atoms with Crippen LogP contribution in [-0.2, 0) is 9.59 Å². The fourth-order valence-corrected chi connectivity index (χ4v) is 4.21. The standard InChI is InChI=1S/C30H34N4O2/c1-21(25-13-11-23-7-3-5-9-27(23)17-25)33-19-29(35)31-15-16-32-30(36)20-34-22(2)26-14-12-24-8-4-6-10-28(24)18-26/h3-14,17-18,21-22,33-34H,15-16,19-20H2,1-2H3,(H,31,35)(H,32,36)/t21-,22-/m1/s1. The quantitative estimate of drug-likeness (QED) is 0.241. The summed E-state index contributed by atoms with van der Waals surface area (Å²) < 4.78 is 0. The molecule has 2 amide bonds. The minimum absolute atomic E-state index is 0.0516. The lowest BCUT2D eigenvalue weighted by molar-refractivity contribution is -0.122. The van der Waals surface area contributed by atoms with Crippen LogP contribution >= 0.6 is 0 Å². The molecule has 0 unspecified atom stereocenters.